The molecule has 1 aromatic rings. The molecule has 1 fully saturated rings. The lowest BCUT2D eigenvalue weighted by atomic mass is 9.96. The van der Waals surface area contributed by atoms with E-state index in [4.69, 9.17) is 9.47 Å². The highest BCUT2D eigenvalue weighted by Crippen LogP contribution is 2.28. The van der Waals surface area contributed by atoms with Crippen LogP contribution < -0.4 is 10.1 Å². The highest BCUT2D eigenvalue weighted by Gasteiger charge is 2.24. The zero-order chi connectivity index (χ0) is 13.7. The third-order valence-corrected chi connectivity index (χ3v) is 3.49. The maximum atomic E-state index is 5.90. The average Bonchev–Trinajstić information content (AvgIpc) is 2.40. The molecule has 1 saturated heterocycles. The number of benzene rings is 1. The lowest BCUT2D eigenvalue weighted by Crippen LogP contribution is -2.34. The van der Waals surface area contributed by atoms with Gasteiger partial charge in [-0.2, -0.15) is 0 Å². The van der Waals surface area contributed by atoms with Crippen molar-refractivity contribution in [1.82, 2.24) is 5.32 Å². The van der Waals surface area contributed by atoms with Gasteiger partial charge in [0.1, 0.15) is 5.75 Å². The maximum absolute atomic E-state index is 5.90. The minimum Gasteiger partial charge on any atom is -0.491 e. The molecule has 106 valence electrons. The predicted octanol–water partition coefficient (Wildman–Crippen LogP) is 3.30. The van der Waals surface area contributed by atoms with Crippen molar-refractivity contribution in [1.29, 1.82) is 0 Å². The average molecular weight is 263 g/mol. The van der Waals surface area contributed by atoms with Gasteiger partial charge in [-0.3, -0.25) is 0 Å². The Balaban J connectivity index is 2.12. The molecule has 1 aliphatic rings. The van der Waals surface area contributed by atoms with Gasteiger partial charge in [-0.15, -0.1) is 0 Å². The number of likely N-dealkylation sites (N-methyl/N-ethyl adjacent to an activating group) is 1. The molecular weight excluding hydrogens is 238 g/mol. The standard InChI is InChI=1S/C16H25NO2/c1-12(2)19-14-8-6-7-13(11-14)16(17-3)15-9-4-5-10-18-15/h6-8,11-12,15-17H,4-5,9-10H2,1-3H3. The third kappa shape index (κ3) is 3.95. The Morgan fingerprint density at radius 3 is 2.79 bits per heavy atom. The molecule has 2 unspecified atom stereocenters. The van der Waals surface area contributed by atoms with Crippen LogP contribution in [0, 0.1) is 0 Å². The monoisotopic (exact) mass is 263 g/mol. The topological polar surface area (TPSA) is 30.5 Å². The van der Waals surface area contributed by atoms with Crippen LogP contribution in [-0.2, 0) is 4.74 Å². The first-order chi connectivity index (χ1) is 9.20. The van der Waals surface area contributed by atoms with E-state index in [1.807, 2.05) is 27.0 Å². The van der Waals surface area contributed by atoms with Gasteiger partial charge in [-0.25, -0.2) is 0 Å². The summed E-state index contributed by atoms with van der Waals surface area (Å²) >= 11 is 0. The van der Waals surface area contributed by atoms with E-state index in [1.54, 1.807) is 0 Å². The van der Waals surface area contributed by atoms with Crippen molar-refractivity contribution >= 4 is 0 Å². The number of hydrogen-bond acceptors (Lipinski definition) is 3. The third-order valence-electron chi connectivity index (χ3n) is 3.49. The summed E-state index contributed by atoms with van der Waals surface area (Å²) in [4.78, 5) is 0. The summed E-state index contributed by atoms with van der Waals surface area (Å²) in [5, 5.41) is 3.39. The number of ether oxygens (including phenoxy) is 2. The van der Waals surface area contributed by atoms with E-state index in [0.29, 0.717) is 0 Å². The fourth-order valence-electron chi connectivity index (χ4n) is 2.65. The fourth-order valence-corrected chi connectivity index (χ4v) is 2.65. The summed E-state index contributed by atoms with van der Waals surface area (Å²) in [6.45, 7) is 4.98. The van der Waals surface area contributed by atoms with E-state index in [1.165, 1.54) is 18.4 Å². The molecule has 0 bridgehead atoms. The second-order valence-electron chi connectivity index (χ2n) is 5.41. The van der Waals surface area contributed by atoms with Gasteiger partial charge in [-0.1, -0.05) is 12.1 Å². The first-order valence-electron chi connectivity index (χ1n) is 7.26. The van der Waals surface area contributed by atoms with Crippen LogP contribution >= 0.6 is 0 Å². The maximum Gasteiger partial charge on any atom is 0.120 e. The number of rotatable bonds is 5. The van der Waals surface area contributed by atoms with E-state index >= 15 is 0 Å². The lowest BCUT2D eigenvalue weighted by molar-refractivity contribution is -0.00666. The molecule has 0 amide bonds. The van der Waals surface area contributed by atoms with E-state index < -0.39 is 0 Å². The molecule has 0 aromatic heterocycles. The molecule has 2 rings (SSSR count). The molecule has 2 atom stereocenters. The van der Waals surface area contributed by atoms with Crippen LogP contribution in [0.1, 0.15) is 44.7 Å². The Labute approximate surface area is 116 Å². The Kier molecular flexibility index (Phi) is 5.23. The zero-order valence-corrected chi connectivity index (χ0v) is 12.2. The first-order valence-corrected chi connectivity index (χ1v) is 7.26. The van der Waals surface area contributed by atoms with Crippen molar-refractivity contribution in [2.45, 2.75) is 51.4 Å². The molecule has 0 aliphatic carbocycles. The van der Waals surface area contributed by atoms with Crippen molar-refractivity contribution in [3.63, 3.8) is 0 Å². The van der Waals surface area contributed by atoms with Crippen LogP contribution in [0.3, 0.4) is 0 Å². The molecule has 1 N–H and O–H groups in total. The molecule has 19 heavy (non-hydrogen) atoms. The summed E-state index contributed by atoms with van der Waals surface area (Å²) in [6, 6.07) is 8.58. The molecule has 0 radical (unpaired) electrons. The van der Waals surface area contributed by atoms with Gasteiger partial charge in [0.25, 0.3) is 0 Å². The van der Waals surface area contributed by atoms with Crippen molar-refractivity contribution < 1.29 is 9.47 Å². The van der Waals surface area contributed by atoms with Crippen LogP contribution in [0.25, 0.3) is 0 Å². The van der Waals surface area contributed by atoms with Crippen LogP contribution in [0.2, 0.25) is 0 Å². The summed E-state index contributed by atoms with van der Waals surface area (Å²) in [6.07, 6.45) is 4.04. The molecule has 0 spiro atoms. The van der Waals surface area contributed by atoms with Gasteiger partial charge in [-0.05, 0) is 57.9 Å². The molecule has 1 aromatic carbocycles. The van der Waals surface area contributed by atoms with Crippen molar-refractivity contribution in [3.8, 4) is 5.75 Å². The van der Waals surface area contributed by atoms with Crippen LogP contribution in [0.15, 0.2) is 24.3 Å². The highest BCUT2D eigenvalue weighted by molar-refractivity contribution is 5.31. The van der Waals surface area contributed by atoms with Crippen LogP contribution in [0.4, 0.5) is 0 Å². The minimum absolute atomic E-state index is 0.203. The van der Waals surface area contributed by atoms with Crippen molar-refractivity contribution in [2.24, 2.45) is 0 Å². The summed E-state index contributed by atoms with van der Waals surface area (Å²) in [5.74, 6) is 0.934. The zero-order valence-electron chi connectivity index (χ0n) is 12.2. The SMILES string of the molecule is CNC(c1cccc(OC(C)C)c1)C1CCCCO1. The van der Waals surface area contributed by atoms with Gasteiger partial charge >= 0.3 is 0 Å². The van der Waals surface area contributed by atoms with Crippen molar-refractivity contribution in [2.75, 3.05) is 13.7 Å². The molecule has 1 heterocycles. The van der Waals surface area contributed by atoms with E-state index in [2.05, 4.69) is 23.5 Å². The predicted molar refractivity (Wildman–Crippen MR) is 77.6 cm³/mol. The summed E-state index contributed by atoms with van der Waals surface area (Å²) in [5.41, 5.74) is 1.24. The molecule has 3 nitrogen and oxygen atoms in total. The molecular formula is C16H25NO2. The smallest absolute Gasteiger partial charge is 0.120 e. The van der Waals surface area contributed by atoms with Crippen molar-refractivity contribution in [3.05, 3.63) is 29.8 Å². The highest BCUT2D eigenvalue weighted by atomic mass is 16.5. The summed E-state index contributed by atoms with van der Waals surface area (Å²) in [7, 11) is 2.00. The lowest BCUT2D eigenvalue weighted by Gasteiger charge is -2.30. The second-order valence-corrected chi connectivity index (χ2v) is 5.41. The van der Waals surface area contributed by atoms with Crippen LogP contribution in [-0.4, -0.2) is 25.9 Å². The van der Waals surface area contributed by atoms with Gasteiger partial charge in [0.15, 0.2) is 0 Å². The van der Waals surface area contributed by atoms with E-state index in [0.717, 1.165) is 18.8 Å². The van der Waals surface area contributed by atoms with E-state index in [-0.39, 0.29) is 18.2 Å². The van der Waals surface area contributed by atoms with Gasteiger partial charge in [0, 0.05) is 6.61 Å². The quantitative estimate of drug-likeness (QED) is 0.884. The Bertz CT molecular complexity index is 386. The molecule has 0 saturated carbocycles. The van der Waals surface area contributed by atoms with Crippen LogP contribution in [0.5, 0.6) is 5.75 Å². The largest absolute Gasteiger partial charge is 0.491 e. The Hall–Kier alpha value is -1.06. The van der Waals surface area contributed by atoms with Gasteiger partial charge < -0.3 is 14.8 Å². The van der Waals surface area contributed by atoms with Gasteiger partial charge in [0.2, 0.25) is 0 Å². The Morgan fingerprint density at radius 2 is 2.16 bits per heavy atom. The fraction of sp³-hybridized carbons (Fsp3) is 0.625. The molecule has 1 aliphatic heterocycles. The number of nitrogens with one attached hydrogen (secondary N) is 1. The summed E-state index contributed by atoms with van der Waals surface area (Å²) < 4.78 is 11.7. The normalized spacial score (nSPS) is 21.4. The van der Waals surface area contributed by atoms with E-state index in [9.17, 15) is 0 Å². The second kappa shape index (κ2) is 6.92. The van der Waals surface area contributed by atoms with Gasteiger partial charge in [0.05, 0.1) is 18.2 Å². The minimum atomic E-state index is 0.203. The number of hydrogen-bond donors (Lipinski definition) is 1. The Morgan fingerprint density at radius 1 is 1.32 bits per heavy atom. The first kappa shape index (κ1) is 14.4. The molecule has 3 heteroatoms.